The molecule has 0 aliphatic carbocycles. The van der Waals surface area contributed by atoms with Crippen molar-refractivity contribution in [3.8, 4) is 0 Å². The summed E-state index contributed by atoms with van der Waals surface area (Å²) in [6.07, 6.45) is 0. The van der Waals surface area contributed by atoms with Crippen LogP contribution in [0.25, 0.3) is 10.9 Å². The van der Waals surface area contributed by atoms with Gasteiger partial charge in [-0.1, -0.05) is 34.1 Å². The molecule has 0 spiro atoms. The third kappa shape index (κ3) is 2.04. The molecule has 3 rings (SSSR count). The molecule has 100 valence electrons. The maximum absolute atomic E-state index is 13.8. The average Bonchev–Trinajstić information content (AvgIpc) is 2.79. The molecule has 0 radical (unpaired) electrons. The number of aryl methyl sites for hydroxylation is 1. The molecule has 3 aromatic rings. The standard InChI is InChI=1S/C15H10BrFN2O/c1-19-13-5-3-2-4-10(13)14(18-19)15(20)11-8-9(16)6-7-12(11)17/h2-8H,1H3. The fraction of sp³-hybridized carbons (Fsp3) is 0.0667. The lowest BCUT2D eigenvalue weighted by Gasteiger charge is -2.01. The highest BCUT2D eigenvalue weighted by atomic mass is 79.9. The number of rotatable bonds is 2. The monoisotopic (exact) mass is 332 g/mol. The number of hydrogen-bond acceptors (Lipinski definition) is 2. The predicted octanol–water partition coefficient (Wildman–Crippen LogP) is 3.71. The zero-order valence-corrected chi connectivity index (χ0v) is 12.2. The van der Waals surface area contributed by atoms with E-state index >= 15 is 0 Å². The van der Waals surface area contributed by atoms with Gasteiger partial charge in [0.1, 0.15) is 11.5 Å². The average molecular weight is 333 g/mol. The second-order valence-electron chi connectivity index (χ2n) is 4.44. The van der Waals surface area contributed by atoms with Crippen LogP contribution in [0.2, 0.25) is 0 Å². The van der Waals surface area contributed by atoms with E-state index in [0.29, 0.717) is 4.47 Å². The van der Waals surface area contributed by atoms with Crippen molar-refractivity contribution in [2.24, 2.45) is 7.05 Å². The Morgan fingerprint density at radius 3 is 2.80 bits per heavy atom. The molecule has 0 fully saturated rings. The minimum atomic E-state index is -0.548. The Labute approximate surface area is 123 Å². The highest BCUT2D eigenvalue weighted by molar-refractivity contribution is 9.10. The number of carbonyl (C=O) groups is 1. The molecule has 0 unspecified atom stereocenters. The quantitative estimate of drug-likeness (QED) is 0.670. The predicted molar refractivity (Wildman–Crippen MR) is 78.2 cm³/mol. The Morgan fingerprint density at radius 1 is 1.25 bits per heavy atom. The largest absolute Gasteiger partial charge is 0.287 e. The first kappa shape index (κ1) is 13.0. The van der Waals surface area contributed by atoms with Crippen LogP contribution in [0.4, 0.5) is 4.39 Å². The van der Waals surface area contributed by atoms with Crippen molar-refractivity contribution < 1.29 is 9.18 Å². The number of halogens is 2. The summed E-state index contributed by atoms with van der Waals surface area (Å²) < 4.78 is 16.1. The number of aromatic nitrogens is 2. The molecule has 3 nitrogen and oxygen atoms in total. The van der Waals surface area contributed by atoms with Gasteiger partial charge in [0.15, 0.2) is 0 Å². The van der Waals surface area contributed by atoms with Crippen molar-refractivity contribution in [2.75, 3.05) is 0 Å². The van der Waals surface area contributed by atoms with Gasteiger partial charge in [0.2, 0.25) is 5.78 Å². The second-order valence-corrected chi connectivity index (χ2v) is 5.36. The molecule has 1 aromatic heterocycles. The molecule has 0 aliphatic heterocycles. The van der Waals surface area contributed by atoms with Gasteiger partial charge in [-0.25, -0.2) is 4.39 Å². The molecule has 2 aromatic carbocycles. The summed E-state index contributed by atoms with van der Waals surface area (Å²) in [6.45, 7) is 0. The summed E-state index contributed by atoms with van der Waals surface area (Å²) in [7, 11) is 1.76. The first-order valence-corrected chi connectivity index (χ1v) is 6.78. The first-order valence-electron chi connectivity index (χ1n) is 5.99. The molecular formula is C15H10BrFN2O. The van der Waals surface area contributed by atoms with Gasteiger partial charge in [0, 0.05) is 16.9 Å². The summed E-state index contributed by atoms with van der Waals surface area (Å²) in [5.41, 5.74) is 1.12. The van der Waals surface area contributed by atoms with Crippen LogP contribution in [0.5, 0.6) is 0 Å². The maximum atomic E-state index is 13.8. The number of para-hydroxylation sites is 1. The Hall–Kier alpha value is -2.01. The number of fused-ring (bicyclic) bond motifs is 1. The van der Waals surface area contributed by atoms with Crippen molar-refractivity contribution in [2.45, 2.75) is 0 Å². The SMILES string of the molecule is Cn1nc(C(=O)c2cc(Br)ccc2F)c2ccccc21. The molecular weight excluding hydrogens is 323 g/mol. The molecule has 1 heterocycles. The van der Waals surface area contributed by atoms with E-state index in [4.69, 9.17) is 0 Å². The highest BCUT2D eigenvalue weighted by Crippen LogP contribution is 2.23. The molecule has 20 heavy (non-hydrogen) atoms. The molecule has 0 aliphatic rings. The van der Waals surface area contributed by atoms with Crippen LogP contribution in [0.1, 0.15) is 16.1 Å². The van der Waals surface area contributed by atoms with E-state index in [1.165, 1.54) is 12.1 Å². The van der Waals surface area contributed by atoms with Gasteiger partial charge in [-0.15, -0.1) is 0 Å². The van der Waals surface area contributed by atoms with E-state index in [-0.39, 0.29) is 11.3 Å². The van der Waals surface area contributed by atoms with Crippen LogP contribution in [0.15, 0.2) is 46.9 Å². The van der Waals surface area contributed by atoms with Gasteiger partial charge in [0.25, 0.3) is 0 Å². The number of benzene rings is 2. The fourth-order valence-corrected chi connectivity index (χ4v) is 2.54. The molecule has 0 saturated carbocycles. The molecule has 0 saturated heterocycles. The van der Waals surface area contributed by atoms with Gasteiger partial charge in [0.05, 0.1) is 11.1 Å². The van der Waals surface area contributed by atoms with Crippen molar-refractivity contribution in [3.63, 3.8) is 0 Å². The van der Waals surface area contributed by atoms with Crippen LogP contribution < -0.4 is 0 Å². The van der Waals surface area contributed by atoms with Crippen molar-refractivity contribution in [3.05, 3.63) is 64.0 Å². The summed E-state index contributed by atoms with van der Waals surface area (Å²) >= 11 is 3.25. The summed E-state index contributed by atoms with van der Waals surface area (Å²) in [5, 5.41) is 4.94. The van der Waals surface area contributed by atoms with E-state index in [9.17, 15) is 9.18 Å². The topological polar surface area (TPSA) is 34.9 Å². The van der Waals surface area contributed by atoms with E-state index < -0.39 is 11.6 Å². The van der Waals surface area contributed by atoms with Crippen LogP contribution in [0, 0.1) is 5.82 Å². The second kappa shape index (κ2) is 4.83. The van der Waals surface area contributed by atoms with E-state index in [2.05, 4.69) is 21.0 Å². The lowest BCUT2D eigenvalue weighted by molar-refractivity contribution is 0.103. The van der Waals surface area contributed by atoms with Crippen LogP contribution >= 0.6 is 15.9 Å². The lowest BCUT2D eigenvalue weighted by atomic mass is 10.0. The number of carbonyl (C=O) groups excluding carboxylic acids is 1. The van der Waals surface area contributed by atoms with Gasteiger partial charge in [-0.05, 0) is 24.3 Å². The van der Waals surface area contributed by atoms with Gasteiger partial charge < -0.3 is 0 Å². The Bertz CT molecular complexity index is 826. The zero-order valence-electron chi connectivity index (χ0n) is 10.6. The maximum Gasteiger partial charge on any atom is 0.216 e. The Morgan fingerprint density at radius 2 is 2.00 bits per heavy atom. The third-order valence-corrected chi connectivity index (χ3v) is 3.64. The summed E-state index contributed by atoms with van der Waals surface area (Å²) in [5.74, 6) is -0.964. The Balaban J connectivity index is 2.20. The summed E-state index contributed by atoms with van der Waals surface area (Å²) in [4.78, 5) is 12.5. The zero-order chi connectivity index (χ0) is 14.3. The summed E-state index contributed by atoms with van der Waals surface area (Å²) in [6, 6.07) is 11.7. The van der Waals surface area contributed by atoms with Gasteiger partial charge in [-0.2, -0.15) is 5.10 Å². The fourth-order valence-electron chi connectivity index (χ4n) is 2.18. The molecule has 0 atom stereocenters. The van der Waals surface area contributed by atoms with Crippen molar-refractivity contribution in [1.29, 1.82) is 0 Å². The minimum Gasteiger partial charge on any atom is -0.287 e. The molecule has 0 amide bonds. The number of nitrogens with zero attached hydrogens (tertiary/aromatic N) is 2. The molecule has 0 bridgehead atoms. The number of hydrogen-bond donors (Lipinski definition) is 0. The third-order valence-electron chi connectivity index (χ3n) is 3.15. The lowest BCUT2D eigenvalue weighted by Crippen LogP contribution is -2.06. The number of ketones is 1. The van der Waals surface area contributed by atoms with Crippen molar-refractivity contribution >= 4 is 32.6 Å². The van der Waals surface area contributed by atoms with Crippen LogP contribution in [-0.2, 0) is 7.05 Å². The van der Waals surface area contributed by atoms with E-state index in [0.717, 1.165) is 10.9 Å². The van der Waals surface area contributed by atoms with E-state index in [1.54, 1.807) is 17.8 Å². The molecule has 0 N–H and O–H groups in total. The minimum absolute atomic E-state index is 0.0169. The van der Waals surface area contributed by atoms with Gasteiger partial charge in [-0.3, -0.25) is 9.48 Å². The first-order chi connectivity index (χ1) is 9.58. The van der Waals surface area contributed by atoms with Gasteiger partial charge >= 0.3 is 0 Å². The van der Waals surface area contributed by atoms with E-state index in [1.807, 2.05) is 24.3 Å². The highest BCUT2D eigenvalue weighted by Gasteiger charge is 2.20. The smallest absolute Gasteiger partial charge is 0.216 e. The Kier molecular flexibility index (Phi) is 3.14. The van der Waals surface area contributed by atoms with Crippen LogP contribution in [-0.4, -0.2) is 15.6 Å². The van der Waals surface area contributed by atoms with Crippen molar-refractivity contribution in [1.82, 2.24) is 9.78 Å². The molecule has 5 heteroatoms. The normalized spacial score (nSPS) is 10.9. The van der Waals surface area contributed by atoms with Crippen LogP contribution in [0.3, 0.4) is 0 Å².